The minimum absolute atomic E-state index is 0.0244. The number of carboxylic acids is 1. The van der Waals surface area contributed by atoms with Crippen LogP contribution < -0.4 is 0 Å². The van der Waals surface area contributed by atoms with Gasteiger partial charge in [-0.2, -0.15) is 0 Å². The van der Waals surface area contributed by atoms with Crippen LogP contribution >= 0.6 is 0 Å². The average Bonchev–Trinajstić information content (AvgIpc) is 2.57. The van der Waals surface area contributed by atoms with Crippen LogP contribution in [0.5, 0.6) is 0 Å². The van der Waals surface area contributed by atoms with Crippen molar-refractivity contribution in [2.24, 2.45) is 5.92 Å². The molecule has 0 aromatic heterocycles. The number of carbonyl (C=O) groups excluding carboxylic acids is 2. The minimum Gasteiger partial charge on any atom is -0.481 e. The van der Waals surface area contributed by atoms with Gasteiger partial charge in [-0.15, -0.1) is 0 Å². The first-order valence-electron chi connectivity index (χ1n) is 9.25. The van der Waals surface area contributed by atoms with Gasteiger partial charge in [-0.1, -0.05) is 13.8 Å². The van der Waals surface area contributed by atoms with Crippen LogP contribution in [0.4, 0.5) is 0 Å². The summed E-state index contributed by atoms with van der Waals surface area (Å²) in [6.07, 6.45) is 5.07. The van der Waals surface area contributed by atoms with E-state index in [1.165, 1.54) is 0 Å². The summed E-state index contributed by atoms with van der Waals surface area (Å²) in [4.78, 5) is 38.9. The van der Waals surface area contributed by atoms with Crippen molar-refractivity contribution >= 4 is 17.8 Å². The van der Waals surface area contributed by atoms with Crippen LogP contribution in [0.2, 0.25) is 0 Å². The molecule has 0 saturated carbocycles. The molecule has 0 spiro atoms. The molecule has 0 aromatic carbocycles. The maximum Gasteiger partial charge on any atom is 0.303 e. The van der Waals surface area contributed by atoms with E-state index in [1.807, 2.05) is 23.6 Å². The molecule has 6 nitrogen and oxygen atoms in total. The SMILES string of the molecule is CCCN(CCC)C(=O)CCC(=O)N1CCCC(CCC(=O)O)C1. The summed E-state index contributed by atoms with van der Waals surface area (Å²) in [6.45, 7) is 6.96. The molecule has 1 N–H and O–H groups in total. The van der Waals surface area contributed by atoms with Crippen molar-refractivity contribution in [3.8, 4) is 0 Å². The van der Waals surface area contributed by atoms with E-state index in [9.17, 15) is 14.4 Å². The maximum absolute atomic E-state index is 12.4. The quantitative estimate of drug-likeness (QED) is 0.663. The standard InChI is InChI=1S/C18H32N2O4/c1-3-11-19(12-4-2)16(21)8-9-17(22)20-13-5-6-15(14-20)7-10-18(23)24/h15H,3-14H2,1-2H3,(H,23,24). The van der Waals surface area contributed by atoms with E-state index in [0.717, 1.165) is 45.3 Å². The maximum atomic E-state index is 12.4. The van der Waals surface area contributed by atoms with E-state index in [-0.39, 0.29) is 37.0 Å². The van der Waals surface area contributed by atoms with Gasteiger partial charge in [0.25, 0.3) is 0 Å². The molecular weight excluding hydrogens is 308 g/mol. The first-order valence-corrected chi connectivity index (χ1v) is 9.25. The highest BCUT2D eigenvalue weighted by Gasteiger charge is 2.24. The van der Waals surface area contributed by atoms with E-state index in [2.05, 4.69) is 0 Å². The van der Waals surface area contributed by atoms with Crippen molar-refractivity contribution < 1.29 is 19.5 Å². The molecule has 1 aliphatic heterocycles. The Balaban J connectivity index is 2.40. The first kappa shape index (κ1) is 20.5. The molecule has 138 valence electrons. The molecule has 1 atom stereocenters. The van der Waals surface area contributed by atoms with Gasteiger partial charge in [0.15, 0.2) is 0 Å². The average molecular weight is 340 g/mol. The number of nitrogens with zero attached hydrogens (tertiary/aromatic N) is 2. The number of aliphatic carboxylic acids is 1. The van der Waals surface area contributed by atoms with Crippen LogP contribution in [0.1, 0.15) is 65.2 Å². The van der Waals surface area contributed by atoms with Gasteiger partial charge in [0.1, 0.15) is 0 Å². The minimum atomic E-state index is -0.781. The molecule has 24 heavy (non-hydrogen) atoms. The van der Waals surface area contributed by atoms with Crippen molar-refractivity contribution in [2.45, 2.75) is 65.2 Å². The second-order valence-electron chi connectivity index (χ2n) is 6.66. The number of likely N-dealkylation sites (tertiary alicyclic amines) is 1. The molecule has 1 heterocycles. The predicted molar refractivity (Wildman–Crippen MR) is 92.6 cm³/mol. The lowest BCUT2D eigenvalue weighted by Gasteiger charge is -2.33. The highest BCUT2D eigenvalue weighted by molar-refractivity contribution is 5.83. The van der Waals surface area contributed by atoms with Crippen LogP contribution in [0.3, 0.4) is 0 Å². The van der Waals surface area contributed by atoms with E-state index < -0.39 is 5.97 Å². The highest BCUT2D eigenvalue weighted by Crippen LogP contribution is 2.21. The van der Waals surface area contributed by atoms with Gasteiger partial charge in [0.2, 0.25) is 11.8 Å². The number of carbonyl (C=O) groups is 3. The van der Waals surface area contributed by atoms with E-state index >= 15 is 0 Å². The Morgan fingerprint density at radius 3 is 2.33 bits per heavy atom. The number of rotatable bonds is 10. The molecule has 0 radical (unpaired) electrons. The van der Waals surface area contributed by atoms with Gasteiger partial charge >= 0.3 is 5.97 Å². The zero-order valence-electron chi connectivity index (χ0n) is 15.1. The molecule has 1 rings (SSSR count). The highest BCUT2D eigenvalue weighted by atomic mass is 16.4. The van der Waals surface area contributed by atoms with E-state index in [4.69, 9.17) is 5.11 Å². The lowest BCUT2D eigenvalue weighted by atomic mass is 9.93. The summed E-state index contributed by atoms with van der Waals surface area (Å²) in [5, 5.41) is 8.78. The topological polar surface area (TPSA) is 77.9 Å². The Labute approximate surface area is 145 Å². The number of carboxylic acid groups (broad SMARTS) is 1. The Kier molecular flexibility index (Phi) is 9.42. The summed E-state index contributed by atoms with van der Waals surface area (Å²) < 4.78 is 0. The molecule has 1 unspecified atom stereocenters. The van der Waals surface area contributed by atoms with Gasteiger partial charge in [0, 0.05) is 45.4 Å². The second-order valence-corrected chi connectivity index (χ2v) is 6.66. The fourth-order valence-corrected chi connectivity index (χ4v) is 3.29. The van der Waals surface area contributed by atoms with Gasteiger partial charge in [-0.3, -0.25) is 14.4 Å². The van der Waals surface area contributed by atoms with E-state index in [0.29, 0.717) is 13.0 Å². The molecular formula is C18H32N2O4. The normalized spacial score (nSPS) is 17.6. The lowest BCUT2D eigenvalue weighted by Crippen LogP contribution is -2.40. The Bertz CT molecular complexity index is 419. The van der Waals surface area contributed by atoms with Crippen LogP contribution in [0, 0.1) is 5.92 Å². The lowest BCUT2D eigenvalue weighted by molar-refractivity contribution is -0.139. The second kappa shape index (κ2) is 11.0. The summed E-state index contributed by atoms with van der Waals surface area (Å²) in [5.74, 6) is -0.426. The zero-order valence-corrected chi connectivity index (χ0v) is 15.1. The monoisotopic (exact) mass is 340 g/mol. The predicted octanol–water partition coefficient (Wildman–Crippen LogP) is 2.52. The van der Waals surface area contributed by atoms with Gasteiger partial charge in [0.05, 0.1) is 0 Å². The zero-order chi connectivity index (χ0) is 17.9. The fourth-order valence-electron chi connectivity index (χ4n) is 3.29. The van der Waals surface area contributed by atoms with Crippen molar-refractivity contribution in [3.63, 3.8) is 0 Å². The third-order valence-corrected chi connectivity index (χ3v) is 4.53. The van der Waals surface area contributed by atoms with Gasteiger partial charge in [-0.05, 0) is 38.0 Å². The number of piperidine rings is 1. The smallest absolute Gasteiger partial charge is 0.303 e. The number of hydrogen-bond acceptors (Lipinski definition) is 3. The number of amides is 2. The molecule has 1 saturated heterocycles. The molecule has 0 aromatic rings. The molecule has 6 heteroatoms. The van der Waals surface area contributed by atoms with Crippen molar-refractivity contribution in [2.75, 3.05) is 26.2 Å². The first-order chi connectivity index (χ1) is 11.5. The van der Waals surface area contributed by atoms with Gasteiger partial charge < -0.3 is 14.9 Å². The Hall–Kier alpha value is -1.59. The molecule has 0 bridgehead atoms. The van der Waals surface area contributed by atoms with Crippen molar-refractivity contribution in [1.29, 1.82) is 0 Å². The van der Waals surface area contributed by atoms with Crippen LogP contribution in [0.25, 0.3) is 0 Å². The molecule has 2 amide bonds. The van der Waals surface area contributed by atoms with Crippen LogP contribution in [0.15, 0.2) is 0 Å². The van der Waals surface area contributed by atoms with E-state index in [1.54, 1.807) is 0 Å². The van der Waals surface area contributed by atoms with Crippen molar-refractivity contribution in [1.82, 2.24) is 9.80 Å². The Morgan fingerprint density at radius 2 is 1.75 bits per heavy atom. The van der Waals surface area contributed by atoms with Crippen molar-refractivity contribution in [3.05, 3.63) is 0 Å². The summed E-state index contributed by atoms with van der Waals surface area (Å²) in [7, 11) is 0. The van der Waals surface area contributed by atoms with Crippen LogP contribution in [-0.2, 0) is 14.4 Å². The summed E-state index contributed by atoms with van der Waals surface area (Å²) in [5.41, 5.74) is 0. The molecule has 1 aliphatic rings. The third-order valence-electron chi connectivity index (χ3n) is 4.53. The number of hydrogen-bond donors (Lipinski definition) is 1. The summed E-state index contributed by atoms with van der Waals surface area (Å²) >= 11 is 0. The largest absolute Gasteiger partial charge is 0.481 e. The van der Waals surface area contributed by atoms with Crippen LogP contribution in [-0.4, -0.2) is 58.9 Å². The van der Waals surface area contributed by atoms with Gasteiger partial charge in [-0.25, -0.2) is 0 Å². The molecule has 0 aliphatic carbocycles. The summed E-state index contributed by atoms with van der Waals surface area (Å²) in [6, 6.07) is 0. The molecule has 1 fully saturated rings. The third kappa shape index (κ3) is 7.32. The fraction of sp³-hybridized carbons (Fsp3) is 0.833. The Morgan fingerprint density at radius 1 is 1.08 bits per heavy atom.